The minimum absolute atomic E-state index is 0.0930. The normalized spacial score (nSPS) is 19.8. The van der Waals surface area contributed by atoms with Crippen LogP contribution in [-0.4, -0.2) is 30.6 Å². The Hall–Kier alpha value is -2.79. The highest BCUT2D eigenvalue weighted by molar-refractivity contribution is 8.03. The van der Waals surface area contributed by atoms with Gasteiger partial charge in [0.25, 0.3) is 0 Å². The molecule has 0 aromatic heterocycles. The summed E-state index contributed by atoms with van der Waals surface area (Å²) in [6.45, 7) is 1.91. The second-order valence-electron chi connectivity index (χ2n) is 5.49. The molecule has 1 aromatic rings. The molecule has 1 aliphatic rings. The van der Waals surface area contributed by atoms with E-state index in [2.05, 4.69) is 11.4 Å². The number of carbonyl (C=O) groups is 3. The smallest absolute Gasteiger partial charge is 0.319 e. The fourth-order valence-corrected chi connectivity index (χ4v) is 3.38. The number of benzene rings is 1. The molecule has 0 bridgehead atoms. The zero-order chi connectivity index (χ0) is 18.6. The van der Waals surface area contributed by atoms with Gasteiger partial charge < -0.3 is 15.8 Å². The molecule has 0 spiro atoms. The number of hydrogen-bond donors (Lipinski definition) is 2. The lowest BCUT2D eigenvalue weighted by Gasteiger charge is -2.30. The van der Waals surface area contributed by atoms with Gasteiger partial charge in [-0.15, -0.1) is 0 Å². The van der Waals surface area contributed by atoms with Crippen LogP contribution in [0.3, 0.4) is 0 Å². The number of nitrogens with zero attached hydrogens (tertiary/aromatic N) is 1. The van der Waals surface area contributed by atoms with Crippen LogP contribution in [0.25, 0.3) is 0 Å². The number of thioether (sulfide) groups is 1. The first-order chi connectivity index (χ1) is 11.9. The SMILES string of the molecule is COC(=O)[C@@H]1C(=O)NC(SCC(N)=O)=C(C#N)[C@@H]1c1ccc(C)cc1. The molecule has 2 amide bonds. The number of carbonyl (C=O) groups excluding carboxylic acids is 3. The Bertz CT molecular complexity index is 780. The largest absolute Gasteiger partial charge is 0.468 e. The number of nitriles is 1. The van der Waals surface area contributed by atoms with Gasteiger partial charge in [0.05, 0.1) is 29.5 Å². The molecule has 1 aliphatic heterocycles. The first-order valence-corrected chi connectivity index (χ1v) is 8.38. The van der Waals surface area contributed by atoms with Crippen molar-refractivity contribution in [3.05, 3.63) is 46.0 Å². The molecule has 1 heterocycles. The molecule has 8 heteroatoms. The molecule has 130 valence electrons. The van der Waals surface area contributed by atoms with Gasteiger partial charge in [-0.25, -0.2) is 0 Å². The van der Waals surface area contributed by atoms with E-state index in [4.69, 9.17) is 10.5 Å². The summed E-state index contributed by atoms with van der Waals surface area (Å²) in [5, 5.41) is 12.4. The highest BCUT2D eigenvalue weighted by Crippen LogP contribution is 2.40. The van der Waals surface area contributed by atoms with Crippen molar-refractivity contribution in [2.75, 3.05) is 12.9 Å². The predicted molar refractivity (Wildman–Crippen MR) is 91.9 cm³/mol. The van der Waals surface area contributed by atoms with E-state index >= 15 is 0 Å². The van der Waals surface area contributed by atoms with Gasteiger partial charge >= 0.3 is 5.97 Å². The highest BCUT2D eigenvalue weighted by Gasteiger charge is 2.44. The summed E-state index contributed by atoms with van der Waals surface area (Å²) in [7, 11) is 1.19. The molecule has 0 fully saturated rings. The van der Waals surface area contributed by atoms with Crippen LogP contribution in [0.4, 0.5) is 0 Å². The number of ether oxygens (including phenoxy) is 1. The number of amides is 2. The van der Waals surface area contributed by atoms with Crippen LogP contribution < -0.4 is 11.1 Å². The van der Waals surface area contributed by atoms with Crippen molar-refractivity contribution in [3.8, 4) is 6.07 Å². The summed E-state index contributed by atoms with van der Waals surface area (Å²) < 4.78 is 4.75. The van der Waals surface area contributed by atoms with Crippen LogP contribution >= 0.6 is 11.8 Å². The maximum absolute atomic E-state index is 12.5. The highest BCUT2D eigenvalue weighted by atomic mass is 32.2. The van der Waals surface area contributed by atoms with E-state index in [0.717, 1.165) is 17.3 Å². The third kappa shape index (κ3) is 4.00. The number of hydrogen-bond acceptors (Lipinski definition) is 6. The number of methoxy groups -OCH3 is 1. The molecular formula is C17H17N3O4S. The molecule has 2 rings (SSSR count). The van der Waals surface area contributed by atoms with Gasteiger partial charge in [-0.1, -0.05) is 41.6 Å². The number of allylic oxidation sites excluding steroid dienone is 1. The molecule has 7 nitrogen and oxygen atoms in total. The molecule has 0 aliphatic carbocycles. The second-order valence-corrected chi connectivity index (χ2v) is 6.47. The van der Waals surface area contributed by atoms with Gasteiger partial charge in [0, 0.05) is 5.92 Å². The maximum Gasteiger partial charge on any atom is 0.319 e. The van der Waals surface area contributed by atoms with Gasteiger partial charge in [0.2, 0.25) is 11.8 Å². The third-order valence-electron chi connectivity index (χ3n) is 3.78. The van der Waals surface area contributed by atoms with Crippen LogP contribution in [0.2, 0.25) is 0 Å². The lowest BCUT2D eigenvalue weighted by molar-refractivity contribution is -0.150. The van der Waals surface area contributed by atoms with Crippen molar-refractivity contribution < 1.29 is 19.1 Å². The Morgan fingerprint density at radius 3 is 2.52 bits per heavy atom. The summed E-state index contributed by atoms with van der Waals surface area (Å²) in [6.07, 6.45) is 0. The molecular weight excluding hydrogens is 342 g/mol. The van der Waals surface area contributed by atoms with Gasteiger partial charge in [-0.3, -0.25) is 14.4 Å². The fourth-order valence-electron chi connectivity index (χ4n) is 2.60. The molecule has 2 atom stereocenters. The molecule has 3 N–H and O–H groups in total. The Kier molecular flexibility index (Phi) is 5.83. The summed E-state index contributed by atoms with van der Waals surface area (Å²) in [5.41, 5.74) is 6.98. The van der Waals surface area contributed by atoms with E-state index in [9.17, 15) is 19.6 Å². The van der Waals surface area contributed by atoms with Crippen LogP contribution in [0, 0.1) is 24.2 Å². The minimum Gasteiger partial charge on any atom is -0.468 e. The Morgan fingerprint density at radius 1 is 1.36 bits per heavy atom. The fraction of sp³-hybridized carbons (Fsp3) is 0.294. The molecule has 0 radical (unpaired) electrons. The number of nitrogens with one attached hydrogen (secondary N) is 1. The first-order valence-electron chi connectivity index (χ1n) is 7.39. The van der Waals surface area contributed by atoms with Crippen LogP contribution in [0.5, 0.6) is 0 Å². The lowest BCUT2D eigenvalue weighted by atomic mass is 9.78. The lowest BCUT2D eigenvalue weighted by Crippen LogP contribution is -2.44. The average Bonchev–Trinajstić information content (AvgIpc) is 2.59. The predicted octanol–water partition coefficient (Wildman–Crippen LogP) is 0.951. The summed E-state index contributed by atoms with van der Waals surface area (Å²) in [5.74, 6) is -3.95. The van der Waals surface area contributed by atoms with Crippen LogP contribution in [0.1, 0.15) is 17.0 Å². The van der Waals surface area contributed by atoms with Crippen molar-refractivity contribution in [1.82, 2.24) is 5.32 Å². The van der Waals surface area contributed by atoms with Crippen molar-refractivity contribution in [3.63, 3.8) is 0 Å². The molecule has 0 unspecified atom stereocenters. The Morgan fingerprint density at radius 2 is 2.00 bits per heavy atom. The van der Waals surface area contributed by atoms with Crippen LogP contribution in [-0.2, 0) is 19.1 Å². The maximum atomic E-state index is 12.5. The summed E-state index contributed by atoms with van der Waals surface area (Å²) in [6, 6.07) is 9.26. The molecule has 0 saturated carbocycles. The number of primary amides is 1. The summed E-state index contributed by atoms with van der Waals surface area (Å²) in [4.78, 5) is 35.7. The van der Waals surface area contributed by atoms with Gasteiger partial charge in [-0.05, 0) is 12.5 Å². The van der Waals surface area contributed by atoms with Gasteiger partial charge in [0.1, 0.15) is 5.92 Å². The first kappa shape index (κ1) is 18.5. The summed E-state index contributed by atoms with van der Waals surface area (Å²) >= 11 is 0.963. The zero-order valence-corrected chi connectivity index (χ0v) is 14.6. The monoisotopic (exact) mass is 359 g/mol. The van der Waals surface area contributed by atoms with E-state index in [-0.39, 0.29) is 16.4 Å². The van der Waals surface area contributed by atoms with E-state index in [0.29, 0.717) is 5.56 Å². The zero-order valence-electron chi connectivity index (χ0n) is 13.7. The second kappa shape index (κ2) is 7.85. The molecule has 25 heavy (non-hydrogen) atoms. The van der Waals surface area contributed by atoms with Crippen molar-refractivity contribution in [1.29, 1.82) is 5.26 Å². The van der Waals surface area contributed by atoms with E-state index < -0.39 is 29.6 Å². The average molecular weight is 359 g/mol. The number of esters is 1. The number of nitrogens with two attached hydrogens (primary N) is 1. The van der Waals surface area contributed by atoms with Gasteiger partial charge in [0.15, 0.2) is 0 Å². The Labute approximate surface area is 149 Å². The standard InChI is InChI=1S/C17H17N3O4S/c1-9-3-5-10(6-4-9)13-11(7-18)16(25-8-12(19)21)20-15(22)14(13)17(23)24-2/h3-6,13-14H,8H2,1-2H3,(H2,19,21)(H,20,22)/t13-,14-/m0/s1. The van der Waals surface area contributed by atoms with Crippen molar-refractivity contribution in [2.24, 2.45) is 11.7 Å². The third-order valence-corrected chi connectivity index (χ3v) is 4.82. The molecule has 1 aromatic carbocycles. The van der Waals surface area contributed by atoms with Crippen molar-refractivity contribution >= 4 is 29.5 Å². The van der Waals surface area contributed by atoms with E-state index in [1.807, 2.05) is 19.1 Å². The quantitative estimate of drug-likeness (QED) is 0.596. The van der Waals surface area contributed by atoms with Gasteiger partial charge in [-0.2, -0.15) is 5.26 Å². The number of aryl methyl sites for hydroxylation is 1. The topological polar surface area (TPSA) is 122 Å². The Balaban J connectivity index is 2.57. The van der Waals surface area contributed by atoms with Crippen molar-refractivity contribution in [2.45, 2.75) is 12.8 Å². The minimum atomic E-state index is -1.18. The van der Waals surface area contributed by atoms with E-state index in [1.54, 1.807) is 12.1 Å². The number of rotatable bonds is 5. The van der Waals surface area contributed by atoms with E-state index in [1.165, 1.54) is 7.11 Å². The van der Waals surface area contributed by atoms with Crippen LogP contribution in [0.15, 0.2) is 34.9 Å². The molecule has 0 saturated heterocycles.